The molecule has 0 aromatic carbocycles. The fraction of sp³-hybridized carbons (Fsp3) is 1.00. The third-order valence-corrected chi connectivity index (χ3v) is 9.41. The fourth-order valence-corrected chi connectivity index (χ4v) is 8.14. The maximum atomic E-state index is 2.64. The molecule has 0 amide bonds. The average molecular weight is 259 g/mol. The van der Waals surface area contributed by atoms with Gasteiger partial charge in [-0.15, -0.1) is 0 Å². The Morgan fingerprint density at radius 1 is 1.09 bits per heavy atom. The summed E-state index contributed by atoms with van der Waals surface area (Å²) in [7, 11) is 0. The van der Waals surface area contributed by atoms with Crippen molar-refractivity contribution in [3.63, 3.8) is 0 Å². The first-order valence-corrected chi connectivity index (χ1v) is 13.4. The van der Waals surface area contributed by atoms with Crippen LogP contribution in [0.25, 0.3) is 0 Å². The Hall–Kier alpha value is 0.830. The Labute approximate surface area is 79.7 Å². The van der Waals surface area contributed by atoms with Crippen molar-refractivity contribution in [3.8, 4) is 0 Å². The molecular weight excluding hydrogens is 237 g/mol. The Morgan fingerprint density at radius 3 is 1.64 bits per heavy atom. The van der Waals surface area contributed by atoms with E-state index in [1.54, 1.807) is 0 Å². The molecule has 1 nitrogen and oxygen atoms in total. The molecule has 0 N–H and O–H groups in total. The summed E-state index contributed by atoms with van der Waals surface area (Å²) in [5.41, 5.74) is 0. The van der Waals surface area contributed by atoms with Crippen LogP contribution in [0, 0.1) is 0 Å². The van der Waals surface area contributed by atoms with Gasteiger partial charge in [0.15, 0.2) is 0 Å². The van der Waals surface area contributed by atoms with Gasteiger partial charge in [-0.3, -0.25) is 0 Å². The van der Waals surface area contributed by atoms with Crippen molar-refractivity contribution in [1.29, 1.82) is 0 Å². The first-order chi connectivity index (χ1) is 5.17. The van der Waals surface area contributed by atoms with E-state index >= 15 is 0 Å². The van der Waals surface area contributed by atoms with Gasteiger partial charge in [-0.1, -0.05) is 0 Å². The third-order valence-electron chi connectivity index (χ3n) is 2.47. The molecule has 0 fully saturated rings. The zero-order valence-electron chi connectivity index (χ0n) is 8.72. The van der Waals surface area contributed by atoms with Crippen LogP contribution in [0.3, 0.4) is 0 Å². The number of hydrogen-bond acceptors (Lipinski definition) is 1. The van der Waals surface area contributed by atoms with Crippen molar-refractivity contribution in [3.05, 3.63) is 0 Å². The molecule has 0 aromatic rings. The first-order valence-electron chi connectivity index (χ1n) is 4.91. The molecule has 0 radical (unpaired) electrons. The molecule has 11 heavy (non-hydrogen) atoms. The molecule has 0 heterocycles. The van der Waals surface area contributed by atoms with Gasteiger partial charge in [0.1, 0.15) is 0 Å². The predicted octanol–water partition coefficient (Wildman–Crippen LogP) is 2.40. The molecule has 0 aliphatic heterocycles. The van der Waals surface area contributed by atoms with Crippen LogP contribution < -0.4 is 0 Å². The molecule has 0 aromatic heterocycles. The van der Waals surface area contributed by atoms with Gasteiger partial charge in [-0.25, -0.2) is 0 Å². The van der Waals surface area contributed by atoms with Crippen LogP contribution in [0.1, 0.15) is 27.2 Å². The average Bonchev–Trinajstić information content (AvgIpc) is 1.99. The first kappa shape index (κ1) is 11.8. The van der Waals surface area contributed by atoms with Crippen molar-refractivity contribution < 1.29 is 0 Å². The Bertz CT molecular complexity index is 89.6. The summed E-state index contributed by atoms with van der Waals surface area (Å²) in [6.45, 7) is 9.37. The van der Waals surface area contributed by atoms with E-state index in [9.17, 15) is 0 Å². The van der Waals surface area contributed by atoms with E-state index in [1.165, 1.54) is 19.5 Å². The molecule has 0 aliphatic rings. The minimum absolute atomic E-state index is 0.992. The molecular formula is C9H22InN. The van der Waals surface area contributed by atoms with E-state index in [2.05, 4.69) is 35.0 Å². The van der Waals surface area contributed by atoms with E-state index in [-0.39, 0.29) is 0 Å². The molecule has 0 bridgehead atoms. The van der Waals surface area contributed by atoms with E-state index in [1.807, 2.05) is 0 Å². The van der Waals surface area contributed by atoms with Crippen LogP contribution in [-0.2, 0) is 0 Å². The summed E-state index contributed by atoms with van der Waals surface area (Å²) in [5.74, 6) is 0. The van der Waals surface area contributed by atoms with Crippen molar-refractivity contribution in [2.75, 3.05) is 13.1 Å². The van der Waals surface area contributed by atoms with Crippen LogP contribution >= 0.6 is 0 Å². The molecule has 66 valence electrons. The van der Waals surface area contributed by atoms with Crippen molar-refractivity contribution in [1.82, 2.24) is 4.90 Å². The van der Waals surface area contributed by atoms with Gasteiger partial charge in [0.2, 0.25) is 0 Å². The quantitative estimate of drug-likeness (QED) is 0.732. The van der Waals surface area contributed by atoms with Crippen LogP contribution in [0.4, 0.5) is 0 Å². The van der Waals surface area contributed by atoms with Gasteiger partial charge in [0, 0.05) is 0 Å². The SMILES string of the molecule is CC[CH](N(CC)CC)[In]([CH3])[CH3]. The molecule has 2 heteroatoms. The minimum atomic E-state index is -1.09. The zero-order chi connectivity index (χ0) is 8.85. The number of rotatable bonds is 5. The van der Waals surface area contributed by atoms with E-state index in [0.29, 0.717) is 0 Å². The fourth-order valence-electron chi connectivity index (χ4n) is 1.84. The van der Waals surface area contributed by atoms with Crippen LogP contribution in [0.2, 0.25) is 9.36 Å². The second-order valence-electron chi connectivity index (χ2n) is 3.44. The Kier molecular flexibility index (Phi) is 6.84. The summed E-state index contributed by atoms with van der Waals surface area (Å²) in [6.07, 6.45) is 1.37. The molecule has 1 unspecified atom stereocenters. The Balaban J connectivity index is 3.98. The molecule has 1 atom stereocenters. The topological polar surface area (TPSA) is 3.24 Å². The monoisotopic (exact) mass is 259 g/mol. The van der Waals surface area contributed by atoms with E-state index in [4.69, 9.17) is 0 Å². The molecule has 0 rings (SSSR count). The van der Waals surface area contributed by atoms with Crippen LogP contribution in [-0.4, -0.2) is 43.2 Å². The zero-order valence-corrected chi connectivity index (χ0v) is 12.0. The van der Waals surface area contributed by atoms with E-state index in [0.717, 1.165) is 3.80 Å². The van der Waals surface area contributed by atoms with Crippen molar-refractivity contribution >= 4 is 21.4 Å². The van der Waals surface area contributed by atoms with Gasteiger partial charge in [-0.05, 0) is 0 Å². The van der Waals surface area contributed by atoms with Gasteiger partial charge in [-0.2, -0.15) is 0 Å². The van der Waals surface area contributed by atoms with Gasteiger partial charge >= 0.3 is 79.8 Å². The van der Waals surface area contributed by atoms with Gasteiger partial charge < -0.3 is 0 Å². The summed E-state index contributed by atoms with van der Waals surface area (Å²) >= 11 is -1.09. The second kappa shape index (κ2) is 6.36. The van der Waals surface area contributed by atoms with Crippen LogP contribution in [0.15, 0.2) is 0 Å². The van der Waals surface area contributed by atoms with Crippen molar-refractivity contribution in [2.24, 2.45) is 0 Å². The number of nitrogens with zero attached hydrogens (tertiary/aromatic N) is 1. The predicted molar refractivity (Wildman–Crippen MR) is 54.5 cm³/mol. The molecule has 0 saturated carbocycles. The molecule has 0 aliphatic carbocycles. The standard InChI is InChI=1S/C7H16N.2CH3.In/c1-4-7-8(5-2)6-3;;;/h7H,4-6H2,1-3H3;2*1H3;. The van der Waals surface area contributed by atoms with E-state index < -0.39 is 21.4 Å². The van der Waals surface area contributed by atoms with Gasteiger partial charge in [0.25, 0.3) is 0 Å². The summed E-state index contributed by atoms with van der Waals surface area (Å²) in [4.78, 5) is 2.64. The molecule has 0 spiro atoms. The second-order valence-corrected chi connectivity index (χ2v) is 12.7. The Morgan fingerprint density at radius 2 is 1.55 bits per heavy atom. The van der Waals surface area contributed by atoms with Crippen molar-refractivity contribution in [2.45, 2.75) is 40.4 Å². The summed E-state index contributed by atoms with van der Waals surface area (Å²) in [6, 6.07) is 0. The summed E-state index contributed by atoms with van der Waals surface area (Å²) < 4.78 is 6.04. The summed E-state index contributed by atoms with van der Waals surface area (Å²) in [5, 5.41) is 0. The van der Waals surface area contributed by atoms with Crippen LogP contribution in [0.5, 0.6) is 0 Å². The molecule has 0 saturated heterocycles. The van der Waals surface area contributed by atoms with Gasteiger partial charge in [0.05, 0.1) is 0 Å². The number of hydrogen-bond donors (Lipinski definition) is 0. The maximum absolute atomic E-state index is 2.64. The normalized spacial score (nSPS) is 13.6. The third kappa shape index (κ3) is 3.84.